The Bertz CT molecular complexity index is 518. The lowest BCUT2D eigenvalue weighted by Gasteiger charge is -2.14. The first kappa shape index (κ1) is 19.8. The van der Waals surface area contributed by atoms with Crippen molar-refractivity contribution in [1.82, 2.24) is 5.32 Å². The van der Waals surface area contributed by atoms with E-state index >= 15 is 0 Å². The second kappa shape index (κ2) is 12.2. The molecule has 0 aliphatic carbocycles. The van der Waals surface area contributed by atoms with Gasteiger partial charge in [-0.25, -0.2) is 0 Å². The van der Waals surface area contributed by atoms with Crippen LogP contribution in [0.3, 0.4) is 0 Å². The SMILES string of the molecule is CCC/C=N/OCCNC(=O)c1cccc(OC)c1OCCCC. The third kappa shape index (κ3) is 6.89. The first-order valence-corrected chi connectivity index (χ1v) is 8.46. The van der Waals surface area contributed by atoms with E-state index in [0.717, 1.165) is 25.7 Å². The highest BCUT2D eigenvalue weighted by Crippen LogP contribution is 2.31. The van der Waals surface area contributed by atoms with E-state index < -0.39 is 0 Å². The van der Waals surface area contributed by atoms with Crippen molar-refractivity contribution >= 4 is 12.1 Å². The standard InChI is InChI=1S/C18H28N2O4/c1-4-6-11-20-24-14-12-19-18(21)15-9-8-10-16(22-3)17(15)23-13-7-5-2/h8-11H,4-7,12-14H2,1-3H3,(H,19,21)/b20-11+. The predicted molar refractivity (Wildman–Crippen MR) is 95.1 cm³/mol. The molecule has 0 atom stereocenters. The summed E-state index contributed by atoms with van der Waals surface area (Å²) >= 11 is 0. The van der Waals surface area contributed by atoms with Crippen LogP contribution in [0, 0.1) is 0 Å². The Labute approximate surface area is 144 Å². The van der Waals surface area contributed by atoms with Crippen LogP contribution >= 0.6 is 0 Å². The third-order valence-electron chi connectivity index (χ3n) is 3.23. The Kier molecular flexibility index (Phi) is 10.1. The number of nitrogens with zero attached hydrogens (tertiary/aromatic N) is 1. The fraction of sp³-hybridized carbons (Fsp3) is 0.556. The summed E-state index contributed by atoms with van der Waals surface area (Å²) in [4.78, 5) is 17.4. The minimum Gasteiger partial charge on any atom is -0.493 e. The highest BCUT2D eigenvalue weighted by Gasteiger charge is 2.16. The largest absolute Gasteiger partial charge is 0.493 e. The number of oxime groups is 1. The molecule has 1 N–H and O–H groups in total. The zero-order chi connectivity index (χ0) is 17.6. The molecule has 0 aliphatic rings. The Morgan fingerprint density at radius 1 is 1.25 bits per heavy atom. The van der Waals surface area contributed by atoms with Crippen molar-refractivity contribution in [2.24, 2.45) is 5.16 Å². The summed E-state index contributed by atoms with van der Waals surface area (Å²) in [5.41, 5.74) is 0.458. The fourth-order valence-corrected chi connectivity index (χ4v) is 1.92. The lowest BCUT2D eigenvalue weighted by atomic mass is 10.1. The molecule has 0 aromatic heterocycles. The van der Waals surface area contributed by atoms with Crippen LogP contribution in [0.2, 0.25) is 0 Å². The van der Waals surface area contributed by atoms with Gasteiger partial charge in [0.25, 0.3) is 5.91 Å². The molecular weight excluding hydrogens is 308 g/mol. The van der Waals surface area contributed by atoms with Gasteiger partial charge in [-0.15, -0.1) is 0 Å². The number of nitrogens with one attached hydrogen (secondary N) is 1. The molecule has 134 valence electrons. The van der Waals surface area contributed by atoms with E-state index in [9.17, 15) is 4.79 Å². The summed E-state index contributed by atoms with van der Waals surface area (Å²) in [7, 11) is 1.56. The van der Waals surface area contributed by atoms with Crippen molar-refractivity contribution in [2.45, 2.75) is 39.5 Å². The number of unbranched alkanes of at least 4 members (excludes halogenated alkanes) is 2. The van der Waals surface area contributed by atoms with Gasteiger partial charge in [-0.3, -0.25) is 4.79 Å². The summed E-state index contributed by atoms with van der Waals surface area (Å²) in [6.45, 7) is 5.39. The molecule has 0 saturated heterocycles. The number of para-hydroxylation sites is 1. The van der Waals surface area contributed by atoms with E-state index in [1.807, 2.05) is 0 Å². The van der Waals surface area contributed by atoms with Crippen LogP contribution in [0.1, 0.15) is 49.9 Å². The van der Waals surface area contributed by atoms with Gasteiger partial charge >= 0.3 is 0 Å². The number of hydrogen-bond acceptors (Lipinski definition) is 5. The summed E-state index contributed by atoms with van der Waals surface area (Å²) < 4.78 is 11.1. The third-order valence-corrected chi connectivity index (χ3v) is 3.23. The molecule has 0 aliphatic heterocycles. The highest BCUT2D eigenvalue weighted by molar-refractivity contribution is 5.97. The van der Waals surface area contributed by atoms with Crippen molar-refractivity contribution in [3.05, 3.63) is 23.8 Å². The van der Waals surface area contributed by atoms with Gasteiger partial charge in [0.05, 0.1) is 25.8 Å². The number of amides is 1. The molecule has 1 amide bonds. The summed E-state index contributed by atoms with van der Waals surface area (Å²) in [6, 6.07) is 5.27. The molecule has 1 rings (SSSR count). The zero-order valence-corrected chi connectivity index (χ0v) is 14.8. The molecule has 0 radical (unpaired) electrons. The minimum absolute atomic E-state index is 0.221. The predicted octanol–water partition coefficient (Wildman–Crippen LogP) is 3.41. The van der Waals surface area contributed by atoms with E-state index in [2.05, 4.69) is 24.3 Å². The number of hydrogen-bond donors (Lipinski definition) is 1. The lowest BCUT2D eigenvalue weighted by Crippen LogP contribution is -2.27. The molecule has 0 saturated carbocycles. The van der Waals surface area contributed by atoms with Crippen molar-refractivity contribution in [3.8, 4) is 11.5 Å². The van der Waals surface area contributed by atoms with Crippen LogP contribution in [-0.2, 0) is 4.84 Å². The van der Waals surface area contributed by atoms with Crippen LogP contribution < -0.4 is 14.8 Å². The van der Waals surface area contributed by atoms with Gasteiger partial charge < -0.3 is 19.6 Å². The molecule has 0 heterocycles. The molecule has 0 unspecified atom stereocenters. The van der Waals surface area contributed by atoms with Gasteiger partial charge in [0.2, 0.25) is 0 Å². The van der Waals surface area contributed by atoms with Gasteiger partial charge in [0.15, 0.2) is 11.5 Å². The van der Waals surface area contributed by atoms with Gasteiger partial charge in [-0.2, -0.15) is 0 Å². The van der Waals surface area contributed by atoms with Gasteiger partial charge in [0.1, 0.15) is 6.61 Å². The van der Waals surface area contributed by atoms with E-state index in [4.69, 9.17) is 14.3 Å². The normalized spacial score (nSPS) is 10.6. The van der Waals surface area contributed by atoms with Crippen molar-refractivity contribution in [3.63, 3.8) is 0 Å². The molecule has 0 fully saturated rings. The number of carbonyl (C=O) groups is 1. The number of carbonyl (C=O) groups excluding carboxylic acids is 1. The highest BCUT2D eigenvalue weighted by atomic mass is 16.6. The summed E-state index contributed by atoms with van der Waals surface area (Å²) in [6.07, 6.45) is 5.58. The maximum atomic E-state index is 12.4. The molecule has 6 nitrogen and oxygen atoms in total. The van der Waals surface area contributed by atoms with Gasteiger partial charge in [0, 0.05) is 6.21 Å². The topological polar surface area (TPSA) is 69.2 Å². The average molecular weight is 336 g/mol. The van der Waals surface area contributed by atoms with Crippen molar-refractivity contribution in [1.29, 1.82) is 0 Å². The second-order valence-corrected chi connectivity index (χ2v) is 5.20. The molecule has 1 aromatic rings. The van der Waals surface area contributed by atoms with Crippen LogP contribution in [0.4, 0.5) is 0 Å². The smallest absolute Gasteiger partial charge is 0.255 e. The average Bonchev–Trinajstić information content (AvgIpc) is 2.61. The summed E-state index contributed by atoms with van der Waals surface area (Å²) in [5, 5.41) is 6.60. The molecule has 6 heteroatoms. The van der Waals surface area contributed by atoms with Gasteiger partial charge in [-0.05, 0) is 25.0 Å². The maximum absolute atomic E-state index is 12.4. The number of methoxy groups -OCH3 is 1. The first-order chi connectivity index (χ1) is 11.7. The fourth-order valence-electron chi connectivity index (χ4n) is 1.92. The molecule has 1 aromatic carbocycles. The Morgan fingerprint density at radius 3 is 2.79 bits per heavy atom. The van der Waals surface area contributed by atoms with E-state index in [1.165, 1.54) is 0 Å². The Morgan fingerprint density at radius 2 is 2.08 bits per heavy atom. The van der Waals surface area contributed by atoms with Crippen LogP contribution in [0.15, 0.2) is 23.4 Å². The monoisotopic (exact) mass is 336 g/mol. The van der Waals surface area contributed by atoms with E-state index in [1.54, 1.807) is 31.5 Å². The number of benzene rings is 1. The quantitative estimate of drug-likeness (QED) is 0.361. The van der Waals surface area contributed by atoms with E-state index in [0.29, 0.717) is 36.8 Å². The second-order valence-electron chi connectivity index (χ2n) is 5.20. The Hall–Kier alpha value is -2.24. The first-order valence-electron chi connectivity index (χ1n) is 8.46. The van der Waals surface area contributed by atoms with Crippen LogP contribution in [0.5, 0.6) is 11.5 Å². The van der Waals surface area contributed by atoms with E-state index in [-0.39, 0.29) is 5.91 Å². The lowest BCUT2D eigenvalue weighted by molar-refractivity contribution is 0.0916. The molecule has 0 bridgehead atoms. The number of rotatable bonds is 12. The van der Waals surface area contributed by atoms with Crippen LogP contribution in [-0.4, -0.2) is 39.0 Å². The zero-order valence-electron chi connectivity index (χ0n) is 14.8. The number of ether oxygens (including phenoxy) is 2. The van der Waals surface area contributed by atoms with Gasteiger partial charge in [-0.1, -0.05) is 37.9 Å². The summed E-state index contributed by atoms with van der Waals surface area (Å²) in [5.74, 6) is 0.813. The minimum atomic E-state index is -0.221. The van der Waals surface area contributed by atoms with Crippen LogP contribution in [0.25, 0.3) is 0 Å². The molecule has 24 heavy (non-hydrogen) atoms. The molecular formula is C18H28N2O4. The van der Waals surface area contributed by atoms with Crippen molar-refractivity contribution < 1.29 is 19.1 Å². The Balaban J connectivity index is 2.58. The molecule has 0 spiro atoms. The maximum Gasteiger partial charge on any atom is 0.255 e. The van der Waals surface area contributed by atoms with Crippen molar-refractivity contribution in [2.75, 3.05) is 26.9 Å².